The summed E-state index contributed by atoms with van der Waals surface area (Å²) < 4.78 is 50.0. The predicted molar refractivity (Wildman–Crippen MR) is 35.7 cm³/mol. The van der Waals surface area contributed by atoms with Gasteiger partial charge in [0, 0.05) is 21.9 Å². The topological polar surface area (TPSA) is 0 Å². The summed E-state index contributed by atoms with van der Waals surface area (Å²) in [5.41, 5.74) is -0.509. The van der Waals surface area contributed by atoms with Gasteiger partial charge in [-0.15, -0.1) is 0 Å². The molecule has 0 unspecified atom stereocenters. The summed E-state index contributed by atoms with van der Waals surface area (Å²) in [6.45, 7) is 0. The normalized spacial score (nSPS) is 10.4. The molecule has 0 heterocycles. The second-order valence-electron chi connectivity index (χ2n) is 2.12. The van der Waals surface area contributed by atoms with Crippen molar-refractivity contribution in [2.45, 2.75) is 6.04 Å². The minimum absolute atomic E-state index is 0.200. The third-order valence-corrected chi connectivity index (χ3v) is 1.74. The molecule has 0 fully saturated rings. The smallest absolute Gasteiger partial charge is 0.194 e. The summed E-state index contributed by atoms with van der Waals surface area (Å²) >= 11 is 0. The molecule has 1 rings (SSSR count). The molecule has 0 N–H and O–H groups in total. The molecule has 3 radical (unpaired) electrons. The summed E-state index contributed by atoms with van der Waals surface area (Å²) in [4.78, 5) is 0. The van der Waals surface area contributed by atoms with Crippen LogP contribution >= 0.6 is 0 Å². The van der Waals surface area contributed by atoms with Gasteiger partial charge < -0.3 is 0 Å². The zero-order valence-corrected chi connectivity index (χ0v) is 6.80. The molecular weight excluding hydrogens is 188 g/mol. The quantitative estimate of drug-likeness (QED) is 0.275. The average Bonchev–Trinajstić information content (AvgIpc) is 2.01. The maximum absolute atomic E-state index is 12.6. The fourth-order valence-electron chi connectivity index (χ4n) is 0.766. The van der Waals surface area contributed by atoms with E-state index in [1.54, 1.807) is 0 Å². The second-order valence-corrected chi connectivity index (χ2v) is 2.48. The lowest BCUT2D eigenvalue weighted by molar-refractivity contribution is 0.428. The van der Waals surface area contributed by atoms with E-state index in [1.165, 1.54) is 0 Å². The van der Waals surface area contributed by atoms with Crippen molar-refractivity contribution in [3.63, 3.8) is 0 Å². The number of hydrogen-bond donors (Lipinski definition) is 0. The largest absolute Gasteiger partial charge is 0.206 e. The summed E-state index contributed by atoms with van der Waals surface area (Å²) in [7, 11) is 2.80. The Labute approximate surface area is 69.6 Å². The van der Waals surface area contributed by atoms with Crippen LogP contribution in [0.1, 0.15) is 5.56 Å². The first-order valence-electron chi connectivity index (χ1n) is 3.04. The molecule has 1 aromatic rings. The SMILES string of the molecule is Fc1cc(F)c(C[Si])c(F)c1F. The molecular formula is C7H3F4Si. The van der Waals surface area contributed by atoms with Gasteiger partial charge in [0.1, 0.15) is 5.82 Å². The van der Waals surface area contributed by atoms with Crippen LogP contribution in [0.25, 0.3) is 0 Å². The first-order chi connectivity index (χ1) is 5.57. The summed E-state index contributed by atoms with van der Waals surface area (Å²) in [6.07, 6.45) is 0. The van der Waals surface area contributed by atoms with Crippen LogP contribution in [0.15, 0.2) is 6.07 Å². The van der Waals surface area contributed by atoms with Crippen molar-refractivity contribution >= 4 is 10.2 Å². The second kappa shape index (κ2) is 3.26. The van der Waals surface area contributed by atoms with Gasteiger partial charge in [-0.05, 0) is 6.04 Å². The van der Waals surface area contributed by atoms with Crippen LogP contribution in [0, 0.1) is 23.3 Å². The molecule has 0 aliphatic carbocycles. The molecule has 0 amide bonds. The molecule has 1 aromatic carbocycles. The fourth-order valence-corrected chi connectivity index (χ4v) is 1.09. The number of hydrogen-bond acceptors (Lipinski definition) is 0. The molecule has 0 spiro atoms. The Bertz CT molecular complexity index is 311. The monoisotopic (exact) mass is 191 g/mol. The lowest BCUT2D eigenvalue weighted by atomic mass is 10.2. The van der Waals surface area contributed by atoms with Gasteiger partial charge in [-0.25, -0.2) is 17.6 Å². The van der Waals surface area contributed by atoms with Crippen LogP contribution in [0.4, 0.5) is 17.6 Å². The minimum atomic E-state index is -1.65. The molecule has 0 saturated carbocycles. The first kappa shape index (κ1) is 9.25. The highest BCUT2D eigenvalue weighted by molar-refractivity contribution is 6.08. The first-order valence-corrected chi connectivity index (χ1v) is 3.75. The Kier molecular flexibility index (Phi) is 2.51. The van der Waals surface area contributed by atoms with Gasteiger partial charge in [-0.3, -0.25) is 0 Å². The number of rotatable bonds is 1. The van der Waals surface area contributed by atoms with E-state index in [0.29, 0.717) is 6.07 Å². The lowest BCUT2D eigenvalue weighted by Gasteiger charge is -2.02. The van der Waals surface area contributed by atoms with E-state index in [-0.39, 0.29) is 6.04 Å². The van der Waals surface area contributed by atoms with Crippen LogP contribution < -0.4 is 0 Å². The zero-order chi connectivity index (χ0) is 9.30. The van der Waals surface area contributed by atoms with Gasteiger partial charge >= 0.3 is 0 Å². The Morgan fingerprint density at radius 1 is 1.00 bits per heavy atom. The average molecular weight is 191 g/mol. The molecule has 0 bridgehead atoms. The number of benzene rings is 1. The van der Waals surface area contributed by atoms with Gasteiger partial charge in [-0.1, -0.05) is 0 Å². The molecule has 0 aromatic heterocycles. The van der Waals surface area contributed by atoms with Gasteiger partial charge in [0.15, 0.2) is 17.5 Å². The van der Waals surface area contributed by atoms with Crippen LogP contribution in [-0.2, 0) is 6.04 Å². The van der Waals surface area contributed by atoms with Gasteiger partial charge in [0.05, 0.1) is 0 Å². The van der Waals surface area contributed by atoms with Crippen molar-refractivity contribution in [1.82, 2.24) is 0 Å². The third kappa shape index (κ3) is 1.36. The van der Waals surface area contributed by atoms with Crippen LogP contribution in [0.5, 0.6) is 0 Å². The van der Waals surface area contributed by atoms with Crippen molar-refractivity contribution in [1.29, 1.82) is 0 Å². The maximum Gasteiger partial charge on any atom is 0.194 e. The van der Waals surface area contributed by atoms with E-state index in [4.69, 9.17) is 0 Å². The van der Waals surface area contributed by atoms with E-state index in [2.05, 4.69) is 10.2 Å². The van der Waals surface area contributed by atoms with E-state index < -0.39 is 28.8 Å². The minimum Gasteiger partial charge on any atom is -0.206 e. The van der Waals surface area contributed by atoms with Crippen LogP contribution in [-0.4, -0.2) is 10.2 Å². The Morgan fingerprint density at radius 2 is 1.58 bits per heavy atom. The molecule has 0 atom stereocenters. The van der Waals surface area contributed by atoms with E-state index >= 15 is 0 Å². The van der Waals surface area contributed by atoms with E-state index in [1.807, 2.05) is 0 Å². The molecule has 0 saturated heterocycles. The summed E-state index contributed by atoms with van der Waals surface area (Å²) in [5, 5.41) is 0. The van der Waals surface area contributed by atoms with E-state index in [9.17, 15) is 17.6 Å². The molecule has 0 aliphatic heterocycles. The van der Waals surface area contributed by atoms with Gasteiger partial charge in [0.25, 0.3) is 0 Å². The van der Waals surface area contributed by atoms with Crippen molar-refractivity contribution < 1.29 is 17.6 Å². The van der Waals surface area contributed by atoms with Gasteiger partial charge in [0.2, 0.25) is 0 Å². The number of halogens is 4. The van der Waals surface area contributed by atoms with Crippen molar-refractivity contribution in [3.05, 3.63) is 34.9 Å². The zero-order valence-electron chi connectivity index (χ0n) is 5.80. The van der Waals surface area contributed by atoms with Crippen molar-refractivity contribution in [3.8, 4) is 0 Å². The Hall–Kier alpha value is -0.843. The van der Waals surface area contributed by atoms with Gasteiger partial charge in [-0.2, -0.15) is 0 Å². The summed E-state index contributed by atoms with van der Waals surface area (Å²) in [5.74, 6) is -5.75. The highest BCUT2D eigenvalue weighted by Crippen LogP contribution is 2.18. The molecule has 0 aliphatic rings. The molecule has 5 heteroatoms. The standard InChI is InChI=1S/C7H3F4Si/c8-4-1-5(9)7(11)6(10)3(4)2-12/h1H,2H2. The Morgan fingerprint density at radius 3 is 2.08 bits per heavy atom. The van der Waals surface area contributed by atoms with E-state index in [0.717, 1.165) is 0 Å². The predicted octanol–water partition coefficient (Wildman–Crippen LogP) is 1.91. The lowest BCUT2D eigenvalue weighted by Crippen LogP contribution is -2.02. The van der Waals surface area contributed by atoms with Crippen LogP contribution in [0.3, 0.4) is 0 Å². The summed E-state index contributed by atoms with van der Waals surface area (Å²) in [6, 6.07) is 0.114. The third-order valence-electron chi connectivity index (χ3n) is 1.39. The Balaban J connectivity index is 3.40. The highest BCUT2D eigenvalue weighted by atomic mass is 28.1. The highest BCUT2D eigenvalue weighted by Gasteiger charge is 2.16. The molecule has 63 valence electrons. The maximum atomic E-state index is 12.6. The van der Waals surface area contributed by atoms with Crippen molar-refractivity contribution in [2.75, 3.05) is 0 Å². The van der Waals surface area contributed by atoms with Crippen molar-refractivity contribution in [2.24, 2.45) is 0 Å². The molecule has 12 heavy (non-hydrogen) atoms. The van der Waals surface area contributed by atoms with Crippen LogP contribution in [0.2, 0.25) is 0 Å². The molecule has 0 nitrogen and oxygen atoms in total. The fraction of sp³-hybridized carbons (Fsp3) is 0.143.